The Morgan fingerprint density at radius 2 is 2.00 bits per heavy atom. The molecule has 0 radical (unpaired) electrons. The van der Waals surface area contributed by atoms with Gasteiger partial charge in [-0.05, 0) is 44.9 Å². The topological polar surface area (TPSA) is 58.9 Å². The number of hydrogen-bond donors (Lipinski definition) is 1. The standard InChI is InChI=1S/C22H28N6/c1-16(19-14-24-27(3)15-19)25-20-8-11-28(12-9-20)21-6-4-5-18(13-21)22-7-10-23-17(2)26-22/h4-7,10,13-16,20,25H,8-9,11-12H2,1-3H3. The van der Waals surface area contributed by atoms with Crippen LogP contribution >= 0.6 is 0 Å². The molecule has 0 spiro atoms. The Morgan fingerprint density at radius 3 is 2.71 bits per heavy atom. The van der Waals surface area contributed by atoms with Gasteiger partial charge in [-0.15, -0.1) is 0 Å². The normalized spacial score (nSPS) is 16.3. The molecule has 1 aromatic carbocycles. The first kappa shape index (κ1) is 18.6. The Morgan fingerprint density at radius 1 is 1.18 bits per heavy atom. The number of aryl methyl sites for hydroxylation is 2. The van der Waals surface area contributed by atoms with Crippen molar-refractivity contribution in [3.8, 4) is 11.3 Å². The summed E-state index contributed by atoms with van der Waals surface area (Å²) in [7, 11) is 1.96. The molecular formula is C22H28N6. The number of nitrogens with zero attached hydrogens (tertiary/aromatic N) is 5. The molecule has 146 valence electrons. The minimum absolute atomic E-state index is 0.328. The van der Waals surface area contributed by atoms with Crippen molar-refractivity contribution in [2.24, 2.45) is 7.05 Å². The molecule has 28 heavy (non-hydrogen) atoms. The summed E-state index contributed by atoms with van der Waals surface area (Å²) in [6.07, 6.45) is 8.15. The van der Waals surface area contributed by atoms with Gasteiger partial charge in [0.15, 0.2) is 0 Å². The lowest BCUT2D eigenvalue weighted by Crippen LogP contribution is -2.43. The first-order valence-electron chi connectivity index (χ1n) is 9.98. The Bertz CT molecular complexity index is 926. The van der Waals surface area contributed by atoms with Crippen LogP contribution in [0.4, 0.5) is 5.69 Å². The van der Waals surface area contributed by atoms with Gasteiger partial charge in [0.05, 0.1) is 11.9 Å². The summed E-state index contributed by atoms with van der Waals surface area (Å²) in [6.45, 7) is 6.27. The van der Waals surface area contributed by atoms with E-state index in [1.807, 2.05) is 37.1 Å². The maximum atomic E-state index is 4.56. The van der Waals surface area contributed by atoms with E-state index in [0.29, 0.717) is 12.1 Å². The van der Waals surface area contributed by atoms with Crippen LogP contribution in [0, 0.1) is 6.92 Å². The van der Waals surface area contributed by atoms with E-state index < -0.39 is 0 Å². The molecule has 0 bridgehead atoms. The quantitative estimate of drug-likeness (QED) is 0.738. The number of nitrogens with one attached hydrogen (secondary N) is 1. The average Bonchev–Trinajstić information content (AvgIpc) is 3.15. The Kier molecular flexibility index (Phi) is 5.39. The molecule has 4 rings (SSSR count). The van der Waals surface area contributed by atoms with Crippen molar-refractivity contribution >= 4 is 5.69 Å². The predicted molar refractivity (Wildman–Crippen MR) is 112 cm³/mol. The summed E-state index contributed by atoms with van der Waals surface area (Å²) >= 11 is 0. The molecule has 1 N–H and O–H groups in total. The largest absolute Gasteiger partial charge is 0.371 e. The molecule has 2 aromatic heterocycles. The van der Waals surface area contributed by atoms with Gasteiger partial charge in [-0.25, -0.2) is 9.97 Å². The van der Waals surface area contributed by atoms with Crippen LogP contribution in [0.2, 0.25) is 0 Å². The fourth-order valence-corrected chi connectivity index (χ4v) is 3.90. The van der Waals surface area contributed by atoms with Crippen LogP contribution in [0.5, 0.6) is 0 Å². The highest BCUT2D eigenvalue weighted by atomic mass is 15.2. The van der Waals surface area contributed by atoms with E-state index in [4.69, 9.17) is 0 Å². The van der Waals surface area contributed by atoms with Crippen LogP contribution in [0.1, 0.15) is 37.2 Å². The predicted octanol–water partition coefficient (Wildman–Crippen LogP) is 3.51. The van der Waals surface area contributed by atoms with Gasteiger partial charge in [-0.1, -0.05) is 12.1 Å². The highest BCUT2D eigenvalue weighted by Crippen LogP contribution is 2.26. The molecule has 0 aliphatic carbocycles. The number of benzene rings is 1. The van der Waals surface area contributed by atoms with Gasteiger partial charge < -0.3 is 10.2 Å². The second-order valence-corrected chi connectivity index (χ2v) is 7.64. The van der Waals surface area contributed by atoms with Crippen molar-refractivity contribution in [3.63, 3.8) is 0 Å². The van der Waals surface area contributed by atoms with Gasteiger partial charge in [0.25, 0.3) is 0 Å². The van der Waals surface area contributed by atoms with E-state index in [1.54, 1.807) is 0 Å². The van der Waals surface area contributed by atoms with Crippen LogP contribution in [0.15, 0.2) is 48.9 Å². The van der Waals surface area contributed by atoms with Crippen molar-refractivity contribution in [3.05, 3.63) is 60.3 Å². The lowest BCUT2D eigenvalue weighted by molar-refractivity contribution is 0.381. The smallest absolute Gasteiger partial charge is 0.125 e. The van der Waals surface area contributed by atoms with Crippen molar-refractivity contribution in [1.29, 1.82) is 0 Å². The number of rotatable bonds is 5. The number of hydrogen-bond acceptors (Lipinski definition) is 5. The maximum absolute atomic E-state index is 4.56. The molecule has 1 aliphatic heterocycles. The molecule has 1 fully saturated rings. The van der Waals surface area contributed by atoms with Crippen molar-refractivity contribution in [2.45, 2.75) is 38.8 Å². The molecule has 0 saturated carbocycles. The van der Waals surface area contributed by atoms with Gasteiger partial charge in [0, 0.05) is 61.4 Å². The second kappa shape index (κ2) is 8.10. The molecule has 1 unspecified atom stereocenters. The summed E-state index contributed by atoms with van der Waals surface area (Å²) in [5.74, 6) is 0.803. The molecule has 1 saturated heterocycles. The zero-order chi connectivity index (χ0) is 19.5. The summed E-state index contributed by atoms with van der Waals surface area (Å²) < 4.78 is 1.86. The first-order chi connectivity index (χ1) is 13.6. The molecule has 0 amide bonds. The van der Waals surface area contributed by atoms with Gasteiger partial charge in [0.2, 0.25) is 0 Å². The molecular weight excluding hydrogens is 348 g/mol. The van der Waals surface area contributed by atoms with Crippen LogP contribution in [0.25, 0.3) is 11.3 Å². The van der Waals surface area contributed by atoms with Crippen LogP contribution in [-0.2, 0) is 7.05 Å². The lowest BCUT2D eigenvalue weighted by Gasteiger charge is -2.35. The van der Waals surface area contributed by atoms with E-state index in [9.17, 15) is 0 Å². The molecule has 3 aromatic rings. The van der Waals surface area contributed by atoms with Crippen molar-refractivity contribution < 1.29 is 0 Å². The zero-order valence-electron chi connectivity index (χ0n) is 16.8. The lowest BCUT2D eigenvalue weighted by atomic mass is 10.0. The number of aromatic nitrogens is 4. The number of anilines is 1. The molecule has 3 heterocycles. The molecule has 1 aliphatic rings. The molecule has 6 nitrogen and oxygen atoms in total. The van der Waals surface area contributed by atoms with Gasteiger partial charge in [0.1, 0.15) is 5.82 Å². The monoisotopic (exact) mass is 376 g/mol. The van der Waals surface area contributed by atoms with Crippen LogP contribution in [-0.4, -0.2) is 38.9 Å². The fraction of sp³-hybridized carbons (Fsp3) is 0.409. The minimum Gasteiger partial charge on any atom is -0.371 e. The SMILES string of the molecule is Cc1nccc(-c2cccc(N3CCC(NC(C)c4cnn(C)c4)CC3)c2)n1. The third-order valence-corrected chi connectivity index (χ3v) is 5.49. The fourth-order valence-electron chi connectivity index (χ4n) is 3.90. The van der Waals surface area contributed by atoms with E-state index >= 15 is 0 Å². The highest BCUT2D eigenvalue weighted by Gasteiger charge is 2.21. The van der Waals surface area contributed by atoms with Gasteiger partial charge in [-0.3, -0.25) is 4.68 Å². The average molecular weight is 377 g/mol. The third-order valence-electron chi connectivity index (χ3n) is 5.49. The zero-order valence-corrected chi connectivity index (χ0v) is 16.8. The van der Waals surface area contributed by atoms with Crippen molar-refractivity contribution in [1.82, 2.24) is 25.1 Å². The highest BCUT2D eigenvalue weighted by molar-refractivity contribution is 5.65. The minimum atomic E-state index is 0.328. The summed E-state index contributed by atoms with van der Waals surface area (Å²) in [4.78, 5) is 11.2. The summed E-state index contributed by atoms with van der Waals surface area (Å²) in [5, 5.41) is 8.05. The first-order valence-corrected chi connectivity index (χ1v) is 9.98. The second-order valence-electron chi connectivity index (χ2n) is 7.64. The summed E-state index contributed by atoms with van der Waals surface area (Å²) in [6, 6.07) is 11.5. The Labute approximate surface area is 166 Å². The summed E-state index contributed by atoms with van der Waals surface area (Å²) in [5.41, 5.74) is 4.65. The molecule has 1 atom stereocenters. The third kappa shape index (κ3) is 4.22. The maximum Gasteiger partial charge on any atom is 0.125 e. The van der Waals surface area contributed by atoms with Crippen LogP contribution in [0.3, 0.4) is 0 Å². The van der Waals surface area contributed by atoms with E-state index in [0.717, 1.165) is 43.0 Å². The van der Waals surface area contributed by atoms with Crippen molar-refractivity contribution in [2.75, 3.05) is 18.0 Å². The van der Waals surface area contributed by atoms with Gasteiger partial charge in [-0.2, -0.15) is 5.10 Å². The van der Waals surface area contributed by atoms with E-state index in [2.05, 4.69) is 62.7 Å². The van der Waals surface area contributed by atoms with Crippen LogP contribution < -0.4 is 10.2 Å². The van der Waals surface area contributed by atoms with Gasteiger partial charge >= 0.3 is 0 Å². The van der Waals surface area contributed by atoms with E-state index in [-0.39, 0.29) is 0 Å². The Hall–Kier alpha value is -2.73. The number of piperidine rings is 1. The Balaban J connectivity index is 1.38. The van der Waals surface area contributed by atoms with E-state index in [1.165, 1.54) is 11.3 Å². The molecule has 6 heteroatoms.